The number of nitrogens with one attached hydrogen (secondary N) is 3. The minimum atomic E-state index is -1.16. The van der Waals surface area contributed by atoms with Crippen LogP contribution in [-0.2, 0) is 19.2 Å². The lowest BCUT2D eigenvalue weighted by Crippen LogP contribution is -2.58. The van der Waals surface area contributed by atoms with Gasteiger partial charge in [-0.1, -0.05) is 13.8 Å². The first-order chi connectivity index (χ1) is 12.5. The highest BCUT2D eigenvalue weighted by molar-refractivity contribution is 7.98. The molecule has 3 amide bonds. The zero-order valence-electron chi connectivity index (χ0n) is 16.0. The predicted molar refractivity (Wildman–Crippen MR) is 102 cm³/mol. The summed E-state index contributed by atoms with van der Waals surface area (Å²) < 4.78 is 0. The van der Waals surface area contributed by atoms with Crippen molar-refractivity contribution in [3.8, 4) is 0 Å². The third-order valence-corrected chi connectivity index (χ3v) is 4.40. The minimum absolute atomic E-state index is 0.256. The molecular weight excluding hydrogens is 376 g/mol. The van der Waals surface area contributed by atoms with Crippen LogP contribution in [0.1, 0.15) is 27.2 Å². The van der Waals surface area contributed by atoms with E-state index < -0.39 is 54.5 Å². The lowest BCUT2D eigenvalue weighted by molar-refractivity contribution is -0.142. The number of rotatable bonds is 12. The maximum Gasteiger partial charge on any atom is 0.326 e. The van der Waals surface area contributed by atoms with Gasteiger partial charge in [0.25, 0.3) is 0 Å². The summed E-state index contributed by atoms with van der Waals surface area (Å²) in [5.41, 5.74) is 5.37. The second kappa shape index (κ2) is 12.5. The SMILES string of the molecule is CSCCC(NC(=O)C(NC(=O)C(C)NC(=O)C(N)CO)C(C)C)C(=O)O. The Morgan fingerprint density at radius 3 is 2.04 bits per heavy atom. The zero-order valence-corrected chi connectivity index (χ0v) is 16.8. The predicted octanol–water partition coefficient (Wildman–Crippen LogP) is -1.73. The zero-order chi connectivity index (χ0) is 21.1. The van der Waals surface area contributed by atoms with Crippen LogP contribution in [0.2, 0.25) is 0 Å². The number of carbonyl (C=O) groups excluding carboxylic acids is 3. The molecule has 156 valence electrons. The fourth-order valence-corrected chi connectivity index (χ4v) is 2.51. The molecule has 4 unspecified atom stereocenters. The number of carboxylic acid groups (broad SMARTS) is 1. The third-order valence-electron chi connectivity index (χ3n) is 3.76. The molecule has 27 heavy (non-hydrogen) atoms. The van der Waals surface area contributed by atoms with E-state index in [1.54, 1.807) is 13.8 Å². The fraction of sp³-hybridized carbons (Fsp3) is 0.750. The van der Waals surface area contributed by atoms with E-state index in [1.807, 2.05) is 6.26 Å². The molecule has 0 aromatic heterocycles. The minimum Gasteiger partial charge on any atom is -0.480 e. The molecule has 0 radical (unpaired) electrons. The first-order valence-corrected chi connectivity index (χ1v) is 9.93. The molecule has 0 saturated heterocycles. The van der Waals surface area contributed by atoms with E-state index in [9.17, 15) is 24.3 Å². The Hall–Kier alpha value is -1.85. The standard InChI is InChI=1S/C16H30N4O6S/c1-8(2)12(15(24)19-11(16(25)26)5-6-27-4)20-13(22)9(3)18-14(23)10(17)7-21/h8-12,21H,5-7,17H2,1-4H3,(H,18,23)(H,19,24)(H,20,22)(H,25,26). The van der Waals surface area contributed by atoms with Gasteiger partial charge in [0.1, 0.15) is 24.2 Å². The van der Waals surface area contributed by atoms with Crippen LogP contribution in [0.3, 0.4) is 0 Å². The monoisotopic (exact) mass is 406 g/mol. The highest BCUT2D eigenvalue weighted by Crippen LogP contribution is 2.06. The lowest BCUT2D eigenvalue weighted by Gasteiger charge is -2.25. The second-order valence-electron chi connectivity index (χ2n) is 6.43. The average molecular weight is 407 g/mol. The van der Waals surface area contributed by atoms with Gasteiger partial charge in [0.15, 0.2) is 0 Å². The molecule has 0 spiro atoms. The number of thioether (sulfide) groups is 1. The number of carboxylic acids is 1. The topological polar surface area (TPSA) is 171 Å². The number of amides is 3. The molecule has 10 nitrogen and oxygen atoms in total. The molecule has 7 N–H and O–H groups in total. The smallest absolute Gasteiger partial charge is 0.326 e. The number of hydrogen-bond acceptors (Lipinski definition) is 7. The number of nitrogens with two attached hydrogens (primary N) is 1. The van der Waals surface area contributed by atoms with Crippen LogP contribution in [0.25, 0.3) is 0 Å². The maximum absolute atomic E-state index is 12.5. The van der Waals surface area contributed by atoms with Crippen molar-refractivity contribution in [2.75, 3.05) is 18.6 Å². The van der Waals surface area contributed by atoms with Crippen LogP contribution in [0.4, 0.5) is 0 Å². The van der Waals surface area contributed by atoms with Crippen LogP contribution in [0.15, 0.2) is 0 Å². The number of hydrogen-bond donors (Lipinski definition) is 6. The second-order valence-corrected chi connectivity index (χ2v) is 7.42. The first kappa shape index (κ1) is 25.1. The number of aliphatic carboxylic acids is 1. The molecule has 0 bridgehead atoms. The van der Waals surface area contributed by atoms with Crippen molar-refractivity contribution in [3.63, 3.8) is 0 Å². The molecular formula is C16H30N4O6S. The summed E-state index contributed by atoms with van der Waals surface area (Å²) in [6.07, 6.45) is 2.09. The molecule has 0 aliphatic rings. The summed E-state index contributed by atoms with van der Waals surface area (Å²) in [4.78, 5) is 47.7. The molecule has 0 aromatic rings. The van der Waals surface area contributed by atoms with Crippen LogP contribution >= 0.6 is 11.8 Å². The van der Waals surface area contributed by atoms with Gasteiger partial charge in [0, 0.05) is 0 Å². The Kier molecular flexibility index (Phi) is 11.7. The summed E-state index contributed by atoms with van der Waals surface area (Å²) in [5.74, 6) is -2.84. The van der Waals surface area contributed by atoms with Gasteiger partial charge in [-0.15, -0.1) is 0 Å². The highest BCUT2D eigenvalue weighted by Gasteiger charge is 2.30. The van der Waals surface area contributed by atoms with Crippen molar-refractivity contribution >= 4 is 35.5 Å². The van der Waals surface area contributed by atoms with Gasteiger partial charge in [-0.2, -0.15) is 11.8 Å². The van der Waals surface area contributed by atoms with Gasteiger partial charge in [-0.25, -0.2) is 4.79 Å². The van der Waals surface area contributed by atoms with Crippen molar-refractivity contribution in [2.24, 2.45) is 11.7 Å². The van der Waals surface area contributed by atoms with Crippen molar-refractivity contribution in [1.29, 1.82) is 0 Å². The summed E-state index contributed by atoms with van der Waals surface area (Å²) in [7, 11) is 0. The van der Waals surface area contributed by atoms with Gasteiger partial charge in [0.05, 0.1) is 6.61 Å². The molecule has 0 fully saturated rings. The molecule has 11 heteroatoms. The van der Waals surface area contributed by atoms with Crippen molar-refractivity contribution in [2.45, 2.75) is 51.4 Å². The Balaban J connectivity index is 4.95. The van der Waals surface area contributed by atoms with Gasteiger partial charge in [-0.05, 0) is 31.3 Å². The lowest BCUT2D eigenvalue weighted by atomic mass is 10.0. The molecule has 0 aliphatic heterocycles. The molecule has 0 saturated carbocycles. The molecule has 4 atom stereocenters. The van der Waals surface area contributed by atoms with E-state index in [-0.39, 0.29) is 12.3 Å². The summed E-state index contributed by atoms with van der Waals surface area (Å²) >= 11 is 1.46. The van der Waals surface area contributed by atoms with Gasteiger partial charge in [-0.3, -0.25) is 14.4 Å². The van der Waals surface area contributed by atoms with Crippen molar-refractivity contribution < 1.29 is 29.4 Å². The Bertz CT molecular complexity index is 531. The van der Waals surface area contributed by atoms with Crippen LogP contribution in [0, 0.1) is 5.92 Å². The summed E-state index contributed by atoms with van der Waals surface area (Å²) in [6, 6.07) is -4.17. The first-order valence-electron chi connectivity index (χ1n) is 8.54. The van der Waals surface area contributed by atoms with Crippen molar-refractivity contribution in [1.82, 2.24) is 16.0 Å². The Labute approximate surface area is 163 Å². The maximum atomic E-state index is 12.5. The van der Waals surface area contributed by atoms with Crippen LogP contribution in [-0.4, -0.2) is 76.7 Å². The van der Waals surface area contributed by atoms with E-state index >= 15 is 0 Å². The van der Waals surface area contributed by atoms with E-state index in [2.05, 4.69) is 16.0 Å². The Morgan fingerprint density at radius 2 is 1.59 bits per heavy atom. The number of aliphatic hydroxyl groups is 1. The summed E-state index contributed by atoms with van der Waals surface area (Å²) in [5, 5.41) is 25.4. The highest BCUT2D eigenvalue weighted by atomic mass is 32.2. The molecule has 0 heterocycles. The van der Waals surface area contributed by atoms with Crippen molar-refractivity contribution in [3.05, 3.63) is 0 Å². The molecule has 0 rings (SSSR count). The third kappa shape index (κ3) is 9.07. The summed E-state index contributed by atoms with van der Waals surface area (Å²) in [6.45, 7) is 4.25. The molecule has 0 aromatic carbocycles. The van der Waals surface area contributed by atoms with Gasteiger partial charge >= 0.3 is 5.97 Å². The van der Waals surface area contributed by atoms with E-state index in [1.165, 1.54) is 18.7 Å². The average Bonchev–Trinajstić information content (AvgIpc) is 2.60. The van der Waals surface area contributed by atoms with Crippen LogP contribution < -0.4 is 21.7 Å². The van der Waals surface area contributed by atoms with Gasteiger partial charge in [0.2, 0.25) is 17.7 Å². The van der Waals surface area contributed by atoms with E-state index in [4.69, 9.17) is 10.8 Å². The van der Waals surface area contributed by atoms with E-state index in [0.29, 0.717) is 5.75 Å². The normalized spacial score (nSPS) is 15.4. The Morgan fingerprint density at radius 1 is 1.00 bits per heavy atom. The number of carbonyl (C=O) groups is 4. The largest absolute Gasteiger partial charge is 0.480 e. The molecule has 0 aliphatic carbocycles. The quantitative estimate of drug-likeness (QED) is 0.222. The van der Waals surface area contributed by atoms with Crippen LogP contribution in [0.5, 0.6) is 0 Å². The number of aliphatic hydroxyl groups excluding tert-OH is 1. The van der Waals surface area contributed by atoms with E-state index in [0.717, 1.165) is 0 Å². The van der Waals surface area contributed by atoms with Gasteiger partial charge < -0.3 is 31.9 Å². The fourth-order valence-electron chi connectivity index (χ4n) is 2.04.